The number of amides is 1. The molecule has 0 bridgehead atoms. The van der Waals surface area contributed by atoms with E-state index in [1.807, 2.05) is 6.92 Å². The van der Waals surface area contributed by atoms with Gasteiger partial charge in [0.05, 0.1) is 28.3 Å². The van der Waals surface area contributed by atoms with Crippen LogP contribution in [0.5, 0.6) is 0 Å². The highest BCUT2D eigenvalue weighted by Crippen LogP contribution is 2.23. The van der Waals surface area contributed by atoms with Gasteiger partial charge in [-0.1, -0.05) is 29.3 Å². The average Bonchev–Trinajstić information content (AvgIpc) is 2.48. The molecular weight excluding hydrogens is 325 g/mol. The predicted octanol–water partition coefficient (Wildman–Crippen LogP) is 4.34. The Morgan fingerprint density at radius 2 is 1.73 bits per heavy atom. The van der Waals surface area contributed by atoms with Crippen LogP contribution in [-0.2, 0) is 4.74 Å². The van der Waals surface area contributed by atoms with E-state index in [0.717, 1.165) is 5.56 Å². The molecule has 0 radical (unpaired) electrons. The molecule has 2 rings (SSSR count). The maximum atomic E-state index is 12.2. The summed E-state index contributed by atoms with van der Waals surface area (Å²) in [6.07, 6.45) is 0. The van der Waals surface area contributed by atoms with Crippen LogP contribution in [-0.4, -0.2) is 19.0 Å². The second kappa shape index (κ2) is 6.81. The van der Waals surface area contributed by atoms with E-state index in [9.17, 15) is 9.59 Å². The van der Waals surface area contributed by atoms with E-state index in [-0.39, 0.29) is 16.5 Å². The minimum absolute atomic E-state index is 0.178. The van der Waals surface area contributed by atoms with Crippen LogP contribution >= 0.6 is 23.2 Å². The number of nitrogens with one attached hydrogen (secondary N) is 1. The van der Waals surface area contributed by atoms with Crippen LogP contribution in [0.1, 0.15) is 26.3 Å². The molecule has 0 atom stereocenters. The van der Waals surface area contributed by atoms with Gasteiger partial charge in [0.1, 0.15) is 0 Å². The van der Waals surface area contributed by atoms with Crippen LogP contribution in [0.4, 0.5) is 5.69 Å². The molecule has 0 saturated heterocycles. The standard InChI is InChI=1S/C16H13Cl2NO3/c1-9-3-5-11(14(18)7-9)15(20)19-10-4-6-13(17)12(8-10)16(21)22-2/h3-8H,1-2H3,(H,19,20). The van der Waals surface area contributed by atoms with Crippen molar-refractivity contribution in [1.82, 2.24) is 0 Å². The van der Waals surface area contributed by atoms with Crippen molar-refractivity contribution in [3.8, 4) is 0 Å². The number of carbonyl (C=O) groups is 2. The summed E-state index contributed by atoms with van der Waals surface area (Å²) in [7, 11) is 1.26. The van der Waals surface area contributed by atoms with Crippen LogP contribution in [0.15, 0.2) is 36.4 Å². The number of esters is 1. The highest BCUT2D eigenvalue weighted by Gasteiger charge is 2.14. The van der Waals surface area contributed by atoms with Gasteiger partial charge in [0, 0.05) is 5.69 Å². The van der Waals surface area contributed by atoms with Gasteiger partial charge in [0.25, 0.3) is 5.91 Å². The molecule has 1 N–H and O–H groups in total. The lowest BCUT2D eigenvalue weighted by atomic mass is 10.1. The van der Waals surface area contributed by atoms with Gasteiger partial charge in [0.2, 0.25) is 0 Å². The van der Waals surface area contributed by atoms with Crippen LogP contribution < -0.4 is 5.32 Å². The maximum absolute atomic E-state index is 12.2. The monoisotopic (exact) mass is 337 g/mol. The highest BCUT2D eigenvalue weighted by atomic mass is 35.5. The van der Waals surface area contributed by atoms with Crippen LogP contribution in [0.2, 0.25) is 10.0 Å². The normalized spacial score (nSPS) is 10.2. The number of ether oxygens (including phenoxy) is 1. The molecule has 0 heterocycles. The smallest absolute Gasteiger partial charge is 0.339 e. The molecule has 2 aromatic carbocycles. The molecule has 0 fully saturated rings. The number of carbonyl (C=O) groups excluding carboxylic acids is 2. The van der Waals surface area contributed by atoms with Crippen molar-refractivity contribution in [2.75, 3.05) is 12.4 Å². The van der Waals surface area contributed by atoms with Crippen molar-refractivity contribution in [1.29, 1.82) is 0 Å². The topological polar surface area (TPSA) is 55.4 Å². The molecule has 4 nitrogen and oxygen atoms in total. The van der Waals surface area contributed by atoms with Crippen molar-refractivity contribution >= 4 is 40.8 Å². The Hall–Kier alpha value is -2.04. The zero-order chi connectivity index (χ0) is 16.3. The van der Waals surface area contributed by atoms with Crippen LogP contribution in [0.25, 0.3) is 0 Å². The number of benzene rings is 2. The molecule has 0 unspecified atom stereocenters. The fourth-order valence-electron chi connectivity index (χ4n) is 1.87. The molecular formula is C16H13Cl2NO3. The second-order valence-electron chi connectivity index (χ2n) is 4.62. The van der Waals surface area contributed by atoms with Crippen LogP contribution in [0.3, 0.4) is 0 Å². The summed E-state index contributed by atoms with van der Waals surface area (Å²) >= 11 is 12.0. The summed E-state index contributed by atoms with van der Waals surface area (Å²) in [5.41, 5.74) is 1.91. The molecule has 0 aliphatic heterocycles. The van der Waals surface area contributed by atoms with Crippen molar-refractivity contribution in [3.63, 3.8) is 0 Å². The highest BCUT2D eigenvalue weighted by molar-refractivity contribution is 6.35. The third kappa shape index (κ3) is 3.59. The van der Waals surface area contributed by atoms with Crippen molar-refractivity contribution in [2.24, 2.45) is 0 Å². The van der Waals surface area contributed by atoms with Crippen molar-refractivity contribution in [3.05, 3.63) is 63.1 Å². The molecule has 2 aromatic rings. The molecule has 1 amide bonds. The summed E-state index contributed by atoms with van der Waals surface area (Å²) in [4.78, 5) is 23.8. The molecule has 0 aliphatic carbocycles. The van der Waals surface area contributed by atoms with Gasteiger partial charge < -0.3 is 10.1 Å². The Labute approximate surface area is 138 Å². The fraction of sp³-hybridized carbons (Fsp3) is 0.125. The van der Waals surface area contributed by atoms with E-state index in [0.29, 0.717) is 16.3 Å². The molecule has 6 heteroatoms. The number of aryl methyl sites for hydroxylation is 1. The zero-order valence-electron chi connectivity index (χ0n) is 11.9. The summed E-state index contributed by atoms with van der Waals surface area (Å²) in [5, 5.41) is 3.28. The summed E-state index contributed by atoms with van der Waals surface area (Å²) in [6, 6.07) is 9.70. The van der Waals surface area contributed by atoms with E-state index >= 15 is 0 Å². The van der Waals surface area contributed by atoms with E-state index in [1.165, 1.54) is 19.2 Å². The number of halogens is 2. The average molecular weight is 338 g/mol. The summed E-state index contributed by atoms with van der Waals surface area (Å²) < 4.78 is 4.64. The number of rotatable bonds is 3. The van der Waals surface area contributed by atoms with Gasteiger partial charge in [0.15, 0.2) is 0 Å². The van der Waals surface area contributed by atoms with Crippen LogP contribution in [0, 0.1) is 6.92 Å². The first-order valence-electron chi connectivity index (χ1n) is 6.37. The lowest BCUT2D eigenvalue weighted by Crippen LogP contribution is -2.13. The predicted molar refractivity (Wildman–Crippen MR) is 86.9 cm³/mol. The SMILES string of the molecule is COC(=O)c1cc(NC(=O)c2ccc(C)cc2Cl)ccc1Cl. The molecule has 22 heavy (non-hydrogen) atoms. The van der Waals surface area contributed by atoms with Crippen molar-refractivity contribution < 1.29 is 14.3 Å². The summed E-state index contributed by atoms with van der Waals surface area (Å²) in [6.45, 7) is 1.88. The minimum atomic E-state index is -0.575. The lowest BCUT2D eigenvalue weighted by molar-refractivity contribution is 0.0600. The quantitative estimate of drug-likeness (QED) is 0.847. The Bertz CT molecular complexity index is 744. The Balaban J connectivity index is 2.27. The number of hydrogen-bond acceptors (Lipinski definition) is 3. The Morgan fingerprint density at radius 1 is 1.00 bits per heavy atom. The molecule has 0 spiro atoms. The van der Waals surface area contributed by atoms with E-state index in [4.69, 9.17) is 23.2 Å². The number of hydrogen-bond donors (Lipinski definition) is 1. The molecule has 114 valence electrons. The largest absolute Gasteiger partial charge is 0.465 e. The maximum Gasteiger partial charge on any atom is 0.339 e. The van der Waals surface area contributed by atoms with Gasteiger partial charge in [-0.3, -0.25) is 4.79 Å². The minimum Gasteiger partial charge on any atom is -0.465 e. The van der Waals surface area contributed by atoms with E-state index in [1.54, 1.807) is 24.3 Å². The fourth-order valence-corrected chi connectivity index (χ4v) is 2.39. The van der Waals surface area contributed by atoms with Crippen molar-refractivity contribution in [2.45, 2.75) is 6.92 Å². The number of methoxy groups -OCH3 is 1. The first-order valence-corrected chi connectivity index (χ1v) is 7.13. The Morgan fingerprint density at radius 3 is 2.36 bits per heavy atom. The summed E-state index contributed by atoms with van der Waals surface area (Å²) in [5.74, 6) is -0.947. The third-order valence-electron chi connectivity index (χ3n) is 3.00. The first-order chi connectivity index (χ1) is 10.4. The van der Waals surface area contributed by atoms with Gasteiger partial charge >= 0.3 is 5.97 Å². The van der Waals surface area contributed by atoms with E-state index in [2.05, 4.69) is 10.1 Å². The van der Waals surface area contributed by atoms with E-state index < -0.39 is 5.97 Å². The van der Waals surface area contributed by atoms with Gasteiger partial charge in [-0.15, -0.1) is 0 Å². The van der Waals surface area contributed by atoms with Gasteiger partial charge in [-0.25, -0.2) is 4.79 Å². The van der Waals surface area contributed by atoms with Gasteiger partial charge in [-0.2, -0.15) is 0 Å². The lowest BCUT2D eigenvalue weighted by Gasteiger charge is -2.09. The first kappa shape index (κ1) is 16.3. The Kier molecular flexibility index (Phi) is 5.06. The molecule has 0 aliphatic rings. The zero-order valence-corrected chi connectivity index (χ0v) is 13.5. The van der Waals surface area contributed by atoms with Gasteiger partial charge in [-0.05, 0) is 42.8 Å². The molecule has 0 aromatic heterocycles. The second-order valence-corrected chi connectivity index (χ2v) is 5.44. The molecule has 0 saturated carbocycles. The number of anilines is 1. The third-order valence-corrected chi connectivity index (χ3v) is 3.64.